The first-order valence-corrected chi connectivity index (χ1v) is 7.07. The number of carbonyl (C=O) groups is 1. The van der Waals surface area contributed by atoms with Crippen LogP contribution in [0.2, 0.25) is 0 Å². The van der Waals surface area contributed by atoms with E-state index in [4.69, 9.17) is 0 Å². The Morgan fingerprint density at radius 3 is 2.65 bits per heavy atom. The Morgan fingerprint density at radius 1 is 1.05 bits per heavy atom. The standard InChI is InChI=1S/C17H12BrNO/c18-15-7-8-16-14(12-15)10-11-19(16)17(20)9-6-13-4-2-1-3-5-13/h1-12H/b9-6+. The molecule has 0 bridgehead atoms. The van der Waals surface area contributed by atoms with E-state index in [1.807, 2.05) is 60.7 Å². The van der Waals surface area contributed by atoms with Crippen molar-refractivity contribution in [1.29, 1.82) is 0 Å². The zero-order chi connectivity index (χ0) is 13.9. The third-order valence-corrected chi connectivity index (χ3v) is 3.60. The Morgan fingerprint density at radius 2 is 1.85 bits per heavy atom. The van der Waals surface area contributed by atoms with Gasteiger partial charge in [-0.15, -0.1) is 0 Å². The van der Waals surface area contributed by atoms with Crippen LogP contribution >= 0.6 is 15.9 Å². The molecule has 0 N–H and O–H groups in total. The highest BCUT2D eigenvalue weighted by atomic mass is 79.9. The third kappa shape index (κ3) is 2.58. The molecule has 0 saturated heterocycles. The predicted molar refractivity (Wildman–Crippen MR) is 85.7 cm³/mol. The van der Waals surface area contributed by atoms with Gasteiger partial charge in [0.2, 0.25) is 0 Å². The maximum Gasteiger partial charge on any atom is 0.255 e. The van der Waals surface area contributed by atoms with Crippen molar-refractivity contribution in [2.24, 2.45) is 0 Å². The van der Waals surface area contributed by atoms with Crippen molar-refractivity contribution in [2.75, 3.05) is 0 Å². The van der Waals surface area contributed by atoms with Crippen LogP contribution in [0.25, 0.3) is 17.0 Å². The van der Waals surface area contributed by atoms with E-state index in [2.05, 4.69) is 15.9 Å². The van der Waals surface area contributed by atoms with Crippen LogP contribution in [0, 0.1) is 0 Å². The maximum atomic E-state index is 12.2. The quantitative estimate of drug-likeness (QED) is 0.623. The molecule has 0 spiro atoms. The first kappa shape index (κ1) is 12.9. The van der Waals surface area contributed by atoms with Gasteiger partial charge in [-0.3, -0.25) is 9.36 Å². The van der Waals surface area contributed by atoms with E-state index < -0.39 is 0 Å². The SMILES string of the molecule is O=C(/C=C/c1ccccc1)n1ccc2cc(Br)ccc21. The summed E-state index contributed by atoms with van der Waals surface area (Å²) < 4.78 is 2.66. The molecule has 0 fully saturated rings. The van der Waals surface area contributed by atoms with Gasteiger partial charge in [-0.05, 0) is 35.9 Å². The van der Waals surface area contributed by atoms with E-state index in [1.165, 1.54) is 0 Å². The summed E-state index contributed by atoms with van der Waals surface area (Å²) >= 11 is 3.43. The van der Waals surface area contributed by atoms with Crippen LogP contribution in [-0.4, -0.2) is 10.5 Å². The molecule has 2 nitrogen and oxygen atoms in total. The summed E-state index contributed by atoms with van der Waals surface area (Å²) in [5.41, 5.74) is 1.93. The molecule has 0 saturated carbocycles. The molecule has 0 aliphatic carbocycles. The number of hydrogen-bond donors (Lipinski definition) is 0. The lowest BCUT2D eigenvalue weighted by Gasteiger charge is -2.00. The first-order valence-electron chi connectivity index (χ1n) is 6.28. The van der Waals surface area contributed by atoms with Gasteiger partial charge < -0.3 is 0 Å². The van der Waals surface area contributed by atoms with E-state index in [-0.39, 0.29) is 5.91 Å². The largest absolute Gasteiger partial charge is 0.284 e. The van der Waals surface area contributed by atoms with E-state index in [0.29, 0.717) is 0 Å². The average molecular weight is 326 g/mol. The summed E-state index contributed by atoms with van der Waals surface area (Å²) in [7, 11) is 0. The van der Waals surface area contributed by atoms with Gasteiger partial charge in [0.05, 0.1) is 5.52 Å². The molecule has 0 aliphatic rings. The summed E-state index contributed by atoms with van der Waals surface area (Å²) in [5.74, 6) is -0.0498. The van der Waals surface area contributed by atoms with Crippen molar-refractivity contribution in [1.82, 2.24) is 4.57 Å². The minimum Gasteiger partial charge on any atom is -0.284 e. The highest BCUT2D eigenvalue weighted by Gasteiger charge is 2.06. The molecule has 3 heteroatoms. The smallest absolute Gasteiger partial charge is 0.255 e. The van der Waals surface area contributed by atoms with Crippen LogP contribution in [-0.2, 0) is 0 Å². The van der Waals surface area contributed by atoms with Crippen molar-refractivity contribution in [3.05, 3.63) is 76.9 Å². The number of halogens is 1. The summed E-state index contributed by atoms with van der Waals surface area (Å²) in [5, 5.41) is 1.04. The lowest BCUT2D eigenvalue weighted by atomic mass is 10.2. The Hall–Kier alpha value is -2.13. The number of nitrogens with zero attached hydrogens (tertiary/aromatic N) is 1. The Kier molecular flexibility index (Phi) is 3.52. The number of aromatic nitrogens is 1. The maximum absolute atomic E-state index is 12.2. The van der Waals surface area contributed by atoms with Crippen molar-refractivity contribution < 1.29 is 4.79 Å². The molecule has 98 valence electrons. The van der Waals surface area contributed by atoms with E-state index in [0.717, 1.165) is 20.9 Å². The number of benzene rings is 2. The van der Waals surface area contributed by atoms with Crippen LogP contribution < -0.4 is 0 Å². The van der Waals surface area contributed by atoms with Crippen molar-refractivity contribution >= 4 is 38.8 Å². The van der Waals surface area contributed by atoms with E-state index >= 15 is 0 Å². The average Bonchev–Trinajstić information content (AvgIpc) is 2.89. The number of carbonyl (C=O) groups excluding carboxylic acids is 1. The van der Waals surface area contributed by atoms with Gasteiger partial charge >= 0.3 is 0 Å². The zero-order valence-electron chi connectivity index (χ0n) is 10.7. The van der Waals surface area contributed by atoms with E-state index in [1.54, 1.807) is 16.8 Å². The molecule has 3 aromatic rings. The molecule has 0 aliphatic heterocycles. The number of rotatable bonds is 2. The Balaban J connectivity index is 1.91. The van der Waals surface area contributed by atoms with E-state index in [9.17, 15) is 4.79 Å². The Bertz CT molecular complexity index is 787. The van der Waals surface area contributed by atoms with Gasteiger partial charge in [-0.2, -0.15) is 0 Å². The van der Waals surface area contributed by atoms with Crippen molar-refractivity contribution in [3.8, 4) is 0 Å². The summed E-state index contributed by atoms with van der Waals surface area (Å²) in [6.45, 7) is 0. The van der Waals surface area contributed by atoms with Crippen LogP contribution in [0.15, 0.2) is 71.3 Å². The number of hydrogen-bond acceptors (Lipinski definition) is 1. The van der Waals surface area contributed by atoms with Crippen LogP contribution in [0.1, 0.15) is 10.4 Å². The van der Waals surface area contributed by atoms with Gasteiger partial charge in [0.15, 0.2) is 0 Å². The first-order chi connectivity index (χ1) is 9.74. The van der Waals surface area contributed by atoms with Crippen molar-refractivity contribution in [3.63, 3.8) is 0 Å². The lowest BCUT2D eigenvalue weighted by molar-refractivity contribution is 0.0975. The minimum absolute atomic E-state index is 0.0498. The highest BCUT2D eigenvalue weighted by molar-refractivity contribution is 9.10. The third-order valence-electron chi connectivity index (χ3n) is 3.11. The van der Waals surface area contributed by atoms with Gasteiger partial charge in [-0.25, -0.2) is 0 Å². The molecule has 0 atom stereocenters. The van der Waals surface area contributed by atoms with Gasteiger partial charge in [0, 0.05) is 22.1 Å². The second kappa shape index (κ2) is 5.47. The van der Waals surface area contributed by atoms with Crippen LogP contribution in [0.4, 0.5) is 0 Å². The predicted octanol–water partition coefficient (Wildman–Crippen LogP) is 4.76. The molecular weight excluding hydrogens is 314 g/mol. The van der Waals surface area contributed by atoms with Gasteiger partial charge in [0.25, 0.3) is 5.91 Å². The zero-order valence-corrected chi connectivity index (χ0v) is 12.2. The van der Waals surface area contributed by atoms with Gasteiger partial charge in [0.1, 0.15) is 0 Å². The lowest BCUT2D eigenvalue weighted by Crippen LogP contribution is -2.04. The second-order valence-electron chi connectivity index (χ2n) is 4.47. The fourth-order valence-corrected chi connectivity index (χ4v) is 2.50. The normalized spacial score (nSPS) is 11.2. The highest BCUT2D eigenvalue weighted by Crippen LogP contribution is 2.21. The summed E-state index contributed by atoms with van der Waals surface area (Å²) in [6.07, 6.45) is 5.22. The molecule has 20 heavy (non-hydrogen) atoms. The second-order valence-corrected chi connectivity index (χ2v) is 5.39. The molecule has 2 aromatic carbocycles. The topological polar surface area (TPSA) is 22.0 Å². The molecule has 3 rings (SSSR count). The minimum atomic E-state index is -0.0498. The summed E-state index contributed by atoms with van der Waals surface area (Å²) in [4.78, 5) is 12.2. The molecule has 1 heterocycles. The monoisotopic (exact) mass is 325 g/mol. The van der Waals surface area contributed by atoms with Crippen LogP contribution in [0.5, 0.6) is 0 Å². The molecular formula is C17H12BrNO. The molecule has 0 unspecified atom stereocenters. The fraction of sp³-hybridized carbons (Fsp3) is 0. The van der Waals surface area contributed by atoms with Gasteiger partial charge in [-0.1, -0.05) is 46.3 Å². The Labute approximate surface area is 125 Å². The number of fused-ring (bicyclic) bond motifs is 1. The molecule has 0 amide bonds. The number of allylic oxidation sites excluding steroid dienone is 1. The van der Waals surface area contributed by atoms with Crippen molar-refractivity contribution in [2.45, 2.75) is 0 Å². The fourth-order valence-electron chi connectivity index (χ4n) is 2.12. The van der Waals surface area contributed by atoms with Crippen LogP contribution in [0.3, 0.4) is 0 Å². The molecule has 1 aromatic heterocycles. The summed E-state index contributed by atoms with van der Waals surface area (Å²) in [6, 6.07) is 17.6. The molecule has 0 radical (unpaired) electrons.